The Morgan fingerprint density at radius 2 is 1.88 bits per heavy atom. The minimum absolute atomic E-state index is 0.0136. The van der Waals surface area contributed by atoms with Crippen LogP contribution < -0.4 is 16.4 Å². The lowest BCUT2D eigenvalue weighted by molar-refractivity contribution is -0.121. The van der Waals surface area contributed by atoms with Gasteiger partial charge in [0, 0.05) is 12.5 Å². The maximum Gasteiger partial charge on any atom is 0.234 e. The highest BCUT2D eigenvalue weighted by molar-refractivity contribution is 5.78. The molecule has 2 amide bonds. The van der Waals surface area contributed by atoms with Crippen molar-refractivity contribution in [1.82, 2.24) is 10.6 Å². The van der Waals surface area contributed by atoms with E-state index in [1.807, 2.05) is 6.92 Å². The quantitative estimate of drug-likeness (QED) is 0.512. The number of hydrogen-bond acceptors (Lipinski definition) is 3. The summed E-state index contributed by atoms with van der Waals surface area (Å²) in [5.74, 6) is 0.110. The summed E-state index contributed by atoms with van der Waals surface area (Å²) in [6.07, 6.45) is 1.03. The molecule has 0 fully saturated rings. The largest absolute Gasteiger partial charge is 0.370 e. The van der Waals surface area contributed by atoms with E-state index in [0.717, 1.165) is 0 Å². The van der Waals surface area contributed by atoms with Crippen LogP contribution in [-0.2, 0) is 9.59 Å². The summed E-state index contributed by atoms with van der Waals surface area (Å²) < 4.78 is 0. The van der Waals surface area contributed by atoms with Crippen molar-refractivity contribution < 1.29 is 9.59 Å². The van der Waals surface area contributed by atoms with Gasteiger partial charge >= 0.3 is 0 Å². The summed E-state index contributed by atoms with van der Waals surface area (Å²) in [5.41, 5.74) is 4.99. The fraction of sp³-hybridized carbons (Fsp3) is 0.818. The van der Waals surface area contributed by atoms with Crippen molar-refractivity contribution in [3.8, 4) is 0 Å². The lowest BCUT2D eigenvalue weighted by Gasteiger charge is -2.17. The van der Waals surface area contributed by atoms with Crippen molar-refractivity contribution in [3.63, 3.8) is 0 Å². The van der Waals surface area contributed by atoms with E-state index in [1.54, 1.807) is 0 Å². The summed E-state index contributed by atoms with van der Waals surface area (Å²) in [4.78, 5) is 21.8. The van der Waals surface area contributed by atoms with Gasteiger partial charge in [-0.3, -0.25) is 9.59 Å². The molecule has 0 aromatic carbocycles. The molecule has 0 aliphatic carbocycles. The standard InChI is InChI=1S/C11H23N3O2/c1-8(2)9(3)14-11(16)7-13-6-4-5-10(12)15/h8-9,13H,4-7H2,1-3H3,(H2,12,15)(H,14,16). The zero-order valence-electron chi connectivity index (χ0n) is 10.4. The molecule has 0 radical (unpaired) electrons. The Morgan fingerprint density at radius 1 is 1.25 bits per heavy atom. The van der Waals surface area contributed by atoms with E-state index in [2.05, 4.69) is 24.5 Å². The van der Waals surface area contributed by atoms with E-state index in [-0.39, 0.29) is 24.4 Å². The normalized spacial score (nSPS) is 12.5. The van der Waals surface area contributed by atoms with Crippen LogP contribution in [0.5, 0.6) is 0 Å². The fourth-order valence-electron chi connectivity index (χ4n) is 1.06. The Labute approximate surface area is 97.2 Å². The fourth-order valence-corrected chi connectivity index (χ4v) is 1.06. The van der Waals surface area contributed by atoms with E-state index in [4.69, 9.17) is 5.73 Å². The topological polar surface area (TPSA) is 84.2 Å². The molecule has 1 unspecified atom stereocenters. The number of hydrogen-bond donors (Lipinski definition) is 3. The van der Waals surface area contributed by atoms with E-state index >= 15 is 0 Å². The molecule has 0 aliphatic rings. The van der Waals surface area contributed by atoms with Gasteiger partial charge in [-0.05, 0) is 25.8 Å². The Balaban J connectivity index is 3.47. The van der Waals surface area contributed by atoms with Gasteiger partial charge in [-0.2, -0.15) is 0 Å². The van der Waals surface area contributed by atoms with E-state index in [0.29, 0.717) is 25.3 Å². The molecule has 1 atom stereocenters. The van der Waals surface area contributed by atoms with Crippen molar-refractivity contribution in [2.75, 3.05) is 13.1 Å². The number of nitrogens with two attached hydrogens (primary N) is 1. The summed E-state index contributed by atoms with van der Waals surface area (Å²) in [6.45, 7) is 7.02. The highest BCUT2D eigenvalue weighted by Crippen LogP contribution is 1.98. The van der Waals surface area contributed by atoms with Crippen LogP contribution in [0.1, 0.15) is 33.6 Å². The molecule has 0 saturated carbocycles. The second-order valence-corrected chi connectivity index (χ2v) is 4.35. The molecule has 0 aromatic heterocycles. The van der Waals surface area contributed by atoms with Gasteiger partial charge in [0.15, 0.2) is 0 Å². The zero-order valence-corrected chi connectivity index (χ0v) is 10.4. The van der Waals surface area contributed by atoms with Gasteiger partial charge in [-0.15, -0.1) is 0 Å². The molecular weight excluding hydrogens is 206 g/mol. The molecular formula is C11H23N3O2. The van der Waals surface area contributed by atoms with Gasteiger partial charge < -0.3 is 16.4 Å². The van der Waals surface area contributed by atoms with Gasteiger partial charge in [0.25, 0.3) is 0 Å². The van der Waals surface area contributed by atoms with E-state index in [1.165, 1.54) is 0 Å². The van der Waals surface area contributed by atoms with Crippen molar-refractivity contribution in [1.29, 1.82) is 0 Å². The highest BCUT2D eigenvalue weighted by atomic mass is 16.2. The van der Waals surface area contributed by atoms with Gasteiger partial charge in [0.1, 0.15) is 0 Å². The maximum atomic E-state index is 11.4. The average Bonchev–Trinajstić information content (AvgIpc) is 2.16. The summed E-state index contributed by atoms with van der Waals surface area (Å²) in [5, 5.41) is 5.85. The molecule has 4 N–H and O–H groups in total. The first-order chi connectivity index (χ1) is 7.43. The Hall–Kier alpha value is -1.10. The average molecular weight is 229 g/mol. The molecule has 5 nitrogen and oxygen atoms in total. The molecule has 16 heavy (non-hydrogen) atoms. The number of carbonyl (C=O) groups excluding carboxylic acids is 2. The number of primary amides is 1. The molecule has 0 rings (SSSR count). The second kappa shape index (κ2) is 8.10. The minimum Gasteiger partial charge on any atom is -0.370 e. The van der Waals surface area contributed by atoms with Crippen LogP contribution in [-0.4, -0.2) is 30.9 Å². The van der Waals surface area contributed by atoms with Crippen LogP contribution in [0.4, 0.5) is 0 Å². The number of rotatable bonds is 8. The molecule has 0 aliphatic heterocycles. The Kier molecular flexibility index (Phi) is 7.54. The predicted octanol–water partition coefficient (Wildman–Crippen LogP) is 0.00220. The van der Waals surface area contributed by atoms with Crippen LogP contribution in [0, 0.1) is 5.92 Å². The van der Waals surface area contributed by atoms with Crippen LogP contribution in [0.25, 0.3) is 0 Å². The van der Waals surface area contributed by atoms with Gasteiger partial charge in [0.2, 0.25) is 11.8 Å². The Bertz CT molecular complexity index is 229. The maximum absolute atomic E-state index is 11.4. The zero-order chi connectivity index (χ0) is 12.6. The first-order valence-corrected chi connectivity index (χ1v) is 5.72. The van der Waals surface area contributed by atoms with Crippen LogP contribution in [0.3, 0.4) is 0 Å². The number of nitrogens with one attached hydrogen (secondary N) is 2. The van der Waals surface area contributed by atoms with Crippen molar-refractivity contribution in [3.05, 3.63) is 0 Å². The second-order valence-electron chi connectivity index (χ2n) is 4.35. The lowest BCUT2D eigenvalue weighted by atomic mass is 10.1. The third kappa shape index (κ3) is 8.23. The minimum atomic E-state index is -0.306. The summed E-state index contributed by atoms with van der Waals surface area (Å²) in [7, 11) is 0. The first-order valence-electron chi connectivity index (χ1n) is 5.72. The molecule has 0 spiro atoms. The summed E-state index contributed by atoms with van der Waals surface area (Å²) in [6, 6.07) is 0.180. The third-order valence-electron chi connectivity index (χ3n) is 2.45. The molecule has 0 aromatic rings. The molecule has 0 heterocycles. The smallest absolute Gasteiger partial charge is 0.234 e. The van der Waals surface area contributed by atoms with E-state index < -0.39 is 0 Å². The number of amides is 2. The first kappa shape index (κ1) is 14.9. The third-order valence-corrected chi connectivity index (χ3v) is 2.45. The van der Waals surface area contributed by atoms with Crippen LogP contribution in [0.2, 0.25) is 0 Å². The van der Waals surface area contributed by atoms with Gasteiger partial charge in [0.05, 0.1) is 6.54 Å². The molecule has 0 saturated heterocycles. The van der Waals surface area contributed by atoms with Gasteiger partial charge in [-0.1, -0.05) is 13.8 Å². The monoisotopic (exact) mass is 229 g/mol. The van der Waals surface area contributed by atoms with Crippen molar-refractivity contribution in [2.24, 2.45) is 11.7 Å². The molecule has 5 heteroatoms. The van der Waals surface area contributed by atoms with Crippen LogP contribution >= 0.6 is 0 Å². The highest BCUT2D eigenvalue weighted by Gasteiger charge is 2.09. The lowest BCUT2D eigenvalue weighted by Crippen LogP contribution is -2.41. The van der Waals surface area contributed by atoms with Crippen molar-refractivity contribution in [2.45, 2.75) is 39.7 Å². The van der Waals surface area contributed by atoms with Crippen molar-refractivity contribution >= 4 is 11.8 Å². The van der Waals surface area contributed by atoms with E-state index in [9.17, 15) is 9.59 Å². The molecule has 0 bridgehead atoms. The SMILES string of the molecule is CC(C)C(C)NC(=O)CNCCCC(N)=O. The van der Waals surface area contributed by atoms with Crippen LogP contribution in [0.15, 0.2) is 0 Å². The number of carbonyl (C=O) groups is 2. The predicted molar refractivity (Wildman–Crippen MR) is 63.7 cm³/mol. The Morgan fingerprint density at radius 3 is 2.38 bits per heavy atom. The molecule has 94 valence electrons. The van der Waals surface area contributed by atoms with Gasteiger partial charge in [-0.25, -0.2) is 0 Å². The summed E-state index contributed by atoms with van der Waals surface area (Å²) >= 11 is 0.